The molecule has 1 aromatic rings. The second-order valence-electron chi connectivity index (χ2n) is 3.74. The van der Waals surface area contributed by atoms with E-state index in [4.69, 9.17) is 5.11 Å². The Morgan fingerprint density at radius 2 is 2.12 bits per heavy atom. The van der Waals surface area contributed by atoms with Crippen molar-refractivity contribution in [2.45, 2.75) is 26.7 Å². The molecule has 0 fully saturated rings. The number of carbonyl (C=O) groups is 1. The van der Waals surface area contributed by atoms with E-state index in [0.29, 0.717) is 18.4 Å². The summed E-state index contributed by atoms with van der Waals surface area (Å²) in [7, 11) is 0. The Balaban J connectivity index is 2.94. The molecule has 0 radical (unpaired) electrons. The second kappa shape index (κ2) is 5.45. The zero-order valence-corrected chi connectivity index (χ0v) is 9.46. The van der Waals surface area contributed by atoms with E-state index in [9.17, 15) is 9.18 Å². The Bertz CT molecular complexity index is 422. The molecule has 86 valence electrons. The van der Waals surface area contributed by atoms with Crippen LogP contribution < -0.4 is 0 Å². The van der Waals surface area contributed by atoms with Crippen molar-refractivity contribution in [1.29, 1.82) is 0 Å². The molecule has 0 saturated heterocycles. The fourth-order valence-corrected chi connectivity index (χ4v) is 1.58. The molecule has 0 aromatic heterocycles. The summed E-state index contributed by atoms with van der Waals surface area (Å²) in [5.41, 5.74) is 2.36. The van der Waals surface area contributed by atoms with Crippen molar-refractivity contribution in [2.75, 3.05) is 0 Å². The zero-order valence-electron chi connectivity index (χ0n) is 9.46. The van der Waals surface area contributed by atoms with Crippen molar-refractivity contribution in [2.24, 2.45) is 0 Å². The van der Waals surface area contributed by atoms with Crippen molar-refractivity contribution < 1.29 is 14.3 Å². The molecular formula is C13H15FO2. The normalized spacial score (nSPS) is 12.2. The lowest BCUT2D eigenvalue weighted by Gasteiger charge is -2.06. The number of allylic oxidation sites excluding steroid dienone is 1. The highest BCUT2D eigenvalue weighted by atomic mass is 19.1. The van der Waals surface area contributed by atoms with Crippen LogP contribution in [0.4, 0.5) is 4.39 Å². The third-order valence-electron chi connectivity index (χ3n) is 2.42. The smallest absolute Gasteiger partial charge is 0.364 e. The van der Waals surface area contributed by atoms with Crippen LogP contribution in [0.25, 0.3) is 0 Å². The Morgan fingerprint density at radius 3 is 2.62 bits per heavy atom. The van der Waals surface area contributed by atoms with E-state index in [1.807, 2.05) is 31.2 Å². The number of benzene rings is 1. The number of aryl methyl sites for hydroxylation is 1. The maximum Gasteiger partial charge on any atom is 0.364 e. The van der Waals surface area contributed by atoms with E-state index in [0.717, 1.165) is 11.1 Å². The van der Waals surface area contributed by atoms with E-state index in [1.54, 1.807) is 6.92 Å². The molecule has 0 aliphatic rings. The molecule has 0 spiro atoms. The third kappa shape index (κ3) is 3.19. The lowest BCUT2D eigenvalue weighted by molar-refractivity contribution is -0.134. The van der Waals surface area contributed by atoms with Gasteiger partial charge in [0.1, 0.15) is 0 Å². The predicted octanol–water partition coefficient (Wildman–Crippen LogP) is 3.26. The summed E-state index contributed by atoms with van der Waals surface area (Å²) in [6.45, 7) is 3.71. The quantitative estimate of drug-likeness (QED) is 0.794. The van der Waals surface area contributed by atoms with E-state index in [2.05, 4.69) is 0 Å². The molecule has 0 aliphatic carbocycles. The monoisotopic (exact) mass is 222 g/mol. The molecule has 0 heterocycles. The van der Waals surface area contributed by atoms with Crippen molar-refractivity contribution in [3.05, 3.63) is 46.8 Å². The fourth-order valence-electron chi connectivity index (χ4n) is 1.58. The molecule has 0 saturated carbocycles. The average Bonchev–Trinajstić information content (AvgIpc) is 2.25. The van der Waals surface area contributed by atoms with Crippen LogP contribution in [0.3, 0.4) is 0 Å². The highest BCUT2D eigenvalue weighted by Gasteiger charge is 2.12. The number of rotatable bonds is 4. The summed E-state index contributed by atoms with van der Waals surface area (Å²) >= 11 is 0. The first-order chi connectivity index (χ1) is 7.54. The van der Waals surface area contributed by atoms with Gasteiger partial charge in [0.2, 0.25) is 5.83 Å². The Morgan fingerprint density at radius 1 is 1.44 bits per heavy atom. The van der Waals surface area contributed by atoms with Gasteiger partial charge in [-0.1, -0.05) is 36.8 Å². The Hall–Kier alpha value is -1.64. The molecule has 0 amide bonds. The van der Waals surface area contributed by atoms with Gasteiger partial charge in [0, 0.05) is 0 Å². The summed E-state index contributed by atoms with van der Waals surface area (Å²) in [6.07, 6.45) is 0.766. The SMILES string of the molecule is CCC(Cc1cccc(C)c1)=C(F)C(=O)O. The highest BCUT2D eigenvalue weighted by Crippen LogP contribution is 2.17. The zero-order chi connectivity index (χ0) is 12.1. The van der Waals surface area contributed by atoms with Gasteiger partial charge in [-0.2, -0.15) is 4.39 Å². The largest absolute Gasteiger partial charge is 0.476 e. The minimum absolute atomic E-state index is 0.332. The van der Waals surface area contributed by atoms with Crippen LogP contribution in [0.5, 0.6) is 0 Å². The molecule has 0 unspecified atom stereocenters. The average molecular weight is 222 g/mol. The molecule has 2 nitrogen and oxygen atoms in total. The van der Waals surface area contributed by atoms with Gasteiger partial charge in [0.05, 0.1) is 0 Å². The van der Waals surface area contributed by atoms with Gasteiger partial charge in [-0.05, 0) is 30.9 Å². The molecule has 1 N–H and O–H groups in total. The van der Waals surface area contributed by atoms with E-state index in [-0.39, 0.29) is 0 Å². The van der Waals surface area contributed by atoms with Crippen LogP contribution in [-0.2, 0) is 11.2 Å². The van der Waals surface area contributed by atoms with Crippen LogP contribution in [0.2, 0.25) is 0 Å². The minimum Gasteiger partial charge on any atom is -0.476 e. The first-order valence-electron chi connectivity index (χ1n) is 5.21. The Kier molecular flexibility index (Phi) is 4.23. The summed E-state index contributed by atoms with van der Waals surface area (Å²) in [5, 5.41) is 8.58. The molecule has 0 atom stereocenters. The second-order valence-corrected chi connectivity index (χ2v) is 3.74. The minimum atomic E-state index is -1.48. The lowest BCUT2D eigenvalue weighted by atomic mass is 10.0. The molecule has 16 heavy (non-hydrogen) atoms. The summed E-state index contributed by atoms with van der Waals surface area (Å²) < 4.78 is 13.3. The Labute approximate surface area is 94.4 Å². The number of carboxylic acids is 1. The topological polar surface area (TPSA) is 37.3 Å². The molecule has 1 aromatic carbocycles. The van der Waals surface area contributed by atoms with E-state index >= 15 is 0 Å². The fraction of sp³-hybridized carbons (Fsp3) is 0.308. The third-order valence-corrected chi connectivity index (χ3v) is 2.42. The van der Waals surface area contributed by atoms with Crippen LogP contribution in [-0.4, -0.2) is 11.1 Å². The van der Waals surface area contributed by atoms with Crippen molar-refractivity contribution in [3.63, 3.8) is 0 Å². The molecule has 1 rings (SSSR count). The van der Waals surface area contributed by atoms with Crippen LogP contribution in [0.15, 0.2) is 35.7 Å². The maximum atomic E-state index is 13.3. The van der Waals surface area contributed by atoms with Crippen LogP contribution in [0.1, 0.15) is 24.5 Å². The lowest BCUT2D eigenvalue weighted by Crippen LogP contribution is -2.02. The van der Waals surface area contributed by atoms with Gasteiger partial charge in [0.15, 0.2) is 0 Å². The van der Waals surface area contributed by atoms with Crippen molar-refractivity contribution >= 4 is 5.97 Å². The maximum absolute atomic E-state index is 13.3. The number of aliphatic carboxylic acids is 1. The van der Waals surface area contributed by atoms with E-state index in [1.165, 1.54) is 0 Å². The first kappa shape index (κ1) is 12.4. The van der Waals surface area contributed by atoms with Crippen molar-refractivity contribution in [3.8, 4) is 0 Å². The van der Waals surface area contributed by atoms with Gasteiger partial charge in [0.25, 0.3) is 0 Å². The number of hydrogen-bond acceptors (Lipinski definition) is 1. The van der Waals surface area contributed by atoms with Gasteiger partial charge < -0.3 is 5.11 Å². The molecule has 0 bridgehead atoms. The summed E-state index contributed by atoms with van der Waals surface area (Å²) in [4.78, 5) is 10.5. The number of halogens is 1. The predicted molar refractivity (Wildman–Crippen MR) is 60.9 cm³/mol. The van der Waals surface area contributed by atoms with Gasteiger partial charge in [-0.15, -0.1) is 0 Å². The molecule has 3 heteroatoms. The molecule has 0 aliphatic heterocycles. The van der Waals surface area contributed by atoms with E-state index < -0.39 is 11.8 Å². The first-order valence-corrected chi connectivity index (χ1v) is 5.21. The molecular weight excluding hydrogens is 207 g/mol. The van der Waals surface area contributed by atoms with Crippen LogP contribution in [0, 0.1) is 6.92 Å². The summed E-state index contributed by atoms with van der Waals surface area (Å²) in [6, 6.07) is 7.64. The van der Waals surface area contributed by atoms with Crippen LogP contribution >= 0.6 is 0 Å². The van der Waals surface area contributed by atoms with Gasteiger partial charge in [-0.25, -0.2) is 4.79 Å². The number of carboxylic acid groups (broad SMARTS) is 1. The van der Waals surface area contributed by atoms with Crippen molar-refractivity contribution in [1.82, 2.24) is 0 Å². The number of hydrogen-bond donors (Lipinski definition) is 1. The standard InChI is InChI=1S/C13H15FO2/c1-3-11(12(14)13(15)16)8-10-6-4-5-9(2)7-10/h4-7H,3,8H2,1-2H3,(H,15,16). The highest BCUT2D eigenvalue weighted by molar-refractivity contribution is 5.85. The van der Waals surface area contributed by atoms with Gasteiger partial charge in [-0.3, -0.25) is 0 Å². The van der Waals surface area contributed by atoms with Gasteiger partial charge >= 0.3 is 5.97 Å². The summed E-state index contributed by atoms with van der Waals surface area (Å²) in [5.74, 6) is -2.51.